The van der Waals surface area contributed by atoms with E-state index in [2.05, 4.69) is 29.0 Å². The third kappa shape index (κ3) is 2.15. The molecule has 0 aliphatic rings. The van der Waals surface area contributed by atoms with Gasteiger partial charge in [0.1, 0.15) is 5.69 Å². The van der Waals surface area contributed by atoms with Gasteiger partial charge in [0.25, 0.3) is 0 Å². The molecule has 2 rings (SSSR count). The van der Waals surface area contributed by atoms with Crippen LogP contribution in [0.1, 0.15) is 13.8 Å². The molecule has 0 unspecified atom stereocenters. The van der Waals surface area contributed by atoms with Crippen molar-refractivity contribution in [3.8, 4) is 11.5 Å². The van der Waals surface area contributed by atoms with Crippen LogP contribution in [0.5, 0.6) is 0 Å². The zero-order chi connectivity index (χ0) is 10.8. The number of hydrogen-bond donors (Lipinski definition) is 1. The molecule has 0 atom stereocenters. The first-order valence-electron chi connectivity index (χ1n) is 4.72. The molecule has 0 bridgehead atoms. The van der Waals surface area contributed by atoms with Crippen molar-refractivity contribution in [3.63, 3.8) is 0 Å². The molecule has 0 radical (unpaired) electrons. The number of rotatable bonds is 3. The monoisotopic (exact) mass is 240 g/mol. The van der Waals surface area contributed by atoms with Crippen LogP contribution in [-0.4, -0.2) is 19.7 Å². The molecule has 0 saturated heterocycles. The molecular weight excluding hydrogens is 228 g/mol. The number of H-pyrrole nitrogens is 1. The van der Waals surface area contributed by atoms with Crippen LogP contribution in [0.4, 0.5) is 0 Å². The molecule has 0 saturated carbocycles. The lowest BCUT2D eigenvalue weighted by Gasteiger charge is -2.07. The molecular formula is C9H12N4S2. The van der Waals surface area contributed by atoms with E-state index in [1.165, 1.54) is 0 Å². The van der Waals surface area contributed by atoms with E-state index in [-0.39, 0.29) is 0 Å². The average Bonchev–Trinajstić information content (AvgIpc) is 2.76. The van der Waals surface area contributed by atoms with Gasteiger partial charge < -0.3 is 0 Å². The van der Waals surface area contributed by atoms with Crippen LogP contribution >= 0.6 is 23.6 Å². The van der Waals surface area contributed by atoms with Gasteiger partial charge in [0.2, 0.25) is 0 Å². The summed E-state index contributed by atoms with van der Waals surface area (Å²) in [6.07, 6.45) is 0. The first kappa shape index (κ1) is 10.5. The third-order valence-electron chi connectivity index (χ3n) is 1.97. The van der Waals surface area contributed by atoms with Gasteiger partial charge in [0.05, 0.1) is 5.51 Å². The van der Waals surface area contributed by atoms with E-state index in [0.29, 0.717) is 10.7 Å². The quantitative estimate of drug-likeness (QED) is 0.839. The first-order valence-corrected chi connectivity index (χ1v) is 6.07. The lowest BCUT2D eigenvalue weighted by molar-refractivity contribution is 0.521. The van der Waals surface area contributed by atoms with E-state index >= 15 is 0 Å². The Morgan fingerprint density at radius 2 is 2.40 bits per heavy atom. The van der Waals surface area contributed by atoms with E-state index < -0.39 is 0 Å². The zero-order valence-electron chi connectivity index (χ0n) is 8.60. The maximum absolute atomic E-state index is 5.19. The van der Waals surface area contributed by atoms with E-state index in [4.69, 9.17) is 12.2 Å². The average molecular weight is 240 g/mol. The van der Waals surface area contributed by atoms with Crippen LogP contribution in [0.25, 0.3) is 11.5 Å². The maximum atomic E-state index is 5.19. The number of aromatic amines is 1. The van der Waals surface area contributed by atoms with Crippen LogP contribution in [0.15, 0.2) is 10.9 Å². The van der Waals surface area contributed by atoms with Crippen molar-refractivity contribution in [2.75, 3.05) is 0 Å². The van der Waals surface area contributed by atoms with Crippen molar-refractivity contribution in [3.05, 3.63) is 15.7 Å². The second-order valence-electron chi connectivity index (χ2n) is 3.73. The molecule has 0 spiro atoms. The normalized spacial score (nSPS) is 11.1. The molecule has 0 aliphatic heterocycles. The van der Waals surface area contributed by atoms with Gasteiger partial charge in [-0.3, -0.25) is 9.67 Å². The number of hydrogen-bond acceptors (Lipinski definition) is 4. The van der Waals surface area contributed by atoms with E-state index in [0.717, 1.165) is 18.1 Å². The third-order valence-corrected chi connectivity index (χ3v) is 2.87. The van der Waals surface area contributed by atoms with Crippen LogP contribution < -0.4 is 0 Å². The number of nitrogens with one attached hydrogen (secondary N) is 1. The molecule has 0 amide bonds. The SMILES string of the molecule is CC(C)Cn1c(-c2cscn2)n[nH]c1=S. The molecule has 80 valence electrons. The summed E-state index contributed by atoms with van der Waals surface area (Å²) in [6.45, 7) is 5.17. The molecule has 2 heterocycles. The van der Waals surface area contributed by atoms with Crippen molar-refractivity contribution in [2.45, 2.75) is 20.4 Å². The van der Waals surface area contributed by atoms with Gasteiger partial charge in [0.15, 0.2) is 10.6 Å². The highest BCUT2D eigenvalue weighted by Crippen LogP contribution is 2.17. The molecule has 2 aromatic rings. The Bertz CT molecular complexity index is 480. The Kier molecular flexibility index (Phi) is 2.97. The predicted molar refractivity (Wildman–Crippen MR) is 63.4 cm³/mol. The van der Waals surface area contributed by atoms with Crippen LogP contribution in [0.2, 0.25) is 0 Å². The Labute approximate surface area is 97.0 Å². The molecule has 0 fully saturated rings. The van der Waals surface area contributed by atoms with Crippen molar-refractivity contribution < 1.29 is 0 Å². The molecule has 0 aromatic carbocycles. The van der Waals surface area contributed by atoms with E-state index in [1.54, 1.807) is 16.8 Å². The lowest BCUT2D eigenvalue weighted by Crippen LogP contribution is -2.06. The number of thiazole rings is 1. The van der Waals surface area contributed by atoms with Crippen molar-refractivity contribution >= 4 is 23.6 Å². The smallest absolute Gasteiger partial charge is 0.195 e. The molecule has 15 heavy (non-hydrogen) atoms. The van der Waals surface area contributed by atoms with Crippen LogP contribution in [-0.2, 0) is 6.54 Å². The fourth-order valence-corrected chi connectivity index (χ4v) is 2.11. The lowest BCUT2D eigenvalue weighted by atomic mass is 10.2. The molecule has 0 aliphatic carbocycles. The maximum Gasteiger partial charge on any atom is 0.195 e. The van der Waals surface area contributed by atoms with Gasteiger partial charge in [-0.2, -0.15) is 5.10 Å². The van der Waals surface area contributed by atoms with E-state index in [9.17, 15) is 0 Å². The highest BCUT2D eigenvalue weighted by Gasteiger charge is 2.11. The van der Waals surface area contributed by atoms with Gasteiger partial charge >= 0.3 is 0 Å². The summed E-state index contributed by atoms with van der Waals surface area (Å²) in [5.74, 6) is 1.36. The molecule has 6 heteroatoms. The fraction of sp³-hybridized carbons (Fsp3) is 0.444. The first-order chi connectivity index (χ1) is 7.18. The molecule has 2 aromatic heterocycles. The minimum Gasteiger partial charge on any atom is -0.299 e. The van der Waals surface area contributed by atoms with Crippen LogP contribution in [0.3, 0.4) is 0 Å². The molecule has 1 N–H and O–H groups in total. The second kappa shape index (κ2) is 4.24. The van der Waals surface area contributed by atoms with Crippen molar-refractivity contribution in [2.24, 2.45) is 5.92 Å². The highest BCUT2D eigenvalue weighted by atomic mass is 32.1. The summed E-state index contributed by atoms with van der Waals surface area (Å²) in [5.41, 5.74) is 2.68. The van der Waals surface area contributed by atoms with E-state index in [1.807, 2.05) is 9.95 Å². The Hall–Kier alpha value is -1.01. The predicted octanol–water partition coefficient (Wildman–Crippen LogP) is 2.72. The minimum atomic E-state index is 0.534. The summed E-state index contributed by atoms with van der Waals surface area (Å²) in [7, 11) is 0. The summed E-state index contributed by atoms with van der Waals surface area (Å²) in [5, 5.41) is 8.99. The van der Waals surface area contributed by atoms with Crippen molar-refractivity contribution in [1.82, 2.24) is 19.7 Å². The highest BCUT2D eigenvalue weighted by molar-refractivity contribution is 7.71. The van der Waals surface area contributed by atoms with Crippen LogP contribution in [0, 0.1) is 10.7 Å². The molecule has 4 nitrogen and oxygen atoms in total. The van der Waals surface area contributed by atoms with Gasteiger partial charge in [-0.05, 0) is 18.1 Å². The standard InChI is InChI=1S/C9H12N4S2/c1-6(2)3-13-8(11-12-9(13)14)7-4-15-5-10-7/h4-6H,3H2,1-2H3,(H,12,14). The Balaban J connectivity index is 2.45. The minimum absolute atomic E-state index is 0.534. The van der Waals surface area contributed by atoms with Gasteiger partial charge in [0, 0.05) is 11.9 Å². The largest absolute Gasteiger partial charge is 0.299 e. The second-order valence-corrected chi connectivity index (χ2v) is 4.84. The topological polar surface area (TPSA) is 46.5 Å². The summed E-state index contributed by atoms with van der Waals surface area (Å²) in [6, 6.07) is 0. The Morgan fingerprint density at radius 1 is 1.60 bits per heavy atom. The van der Waals surface area contributed by atoms with Gasteiger partial charge in [-0.1, -0.05) is 13.8 Å². The van der Waals surface area contributed by atoms with Gasteiger partial charge in [-0.15, -0.1) is 11.3 Å². The van der Waals surface area contributed by atoms with Gasteiger partial charge in [-0.25, -0.2) is 4.98 Å². The zero-order valence-corrected chi connectivity index (χ0v) is 10.2. The number of aromatic nitrogens is 4. The summed E-state index contributed by atoms with van der Waals surface area (Å²) >= 11 is 6.74. The summed E-state index contributed by atoms with van der Waals surface area (Å²) < 4.78 is 2.65. The Morgan fingerprint density at radius 3 is 3.00 bits per heavy atom. The fourth-order valence-electron chi connectivity index (χ4n) is 1.37. The summed E-state index contributed by atoms with van der Waals surface area (Å²) in [4.78, 5) is 4.24. The van der Waals surface area contributed by atoms with Crippen molar-refractivity contribution in [1.29, 1.82) is 0 Å². The number of nitrogens with zero attached hydrogens (tertiary/aromatic N) is 3.